The van der Waals surface area contributed by atoms with Gasteiger partial charge in [0.1, 0.15) is 6.29 Å². The van der Waals surface area contributed by atoms with Gasteiger partial charge in [-0.15, -0.1) is 0 Å². The van der Waals surface area contributed by atoms with Crippen LogP contribution in [0.3, 0.4) is 0 Å². The lowest BCUT2D eigenvalue weighted by Crippen LogP contribution is -2.28. The Morgan fingerprint density at radius 1 is 1.57 bits per heavy atom. The van der Waals surface area contributed by atoms with Gasteiger partial charge in [0.25, 0.3) is 0 Å². The molecule has 1 saturated heterocycles. The fourth-order valence-electron chi connectivity index (χ4n) is 2.06. The standard InChI is InChI=1S/C11H13NO2/c1-11(2)8-4-3-7(6-13)5-9(8)12-10(11)14/h3,5-6,8H,4H2,1-2H3,(H,12,14). The first-order valence-corrected chi connectivity index (χ1v) is 4.74. The molecule has 0 radical (unpaired) electrons. The van der Waals surface area contributed by atoms with Crippen LogP contribution in [-0.4, -0.2) is 12.2 Å². The minimum atomic E-state index is -0.350. The molecule has 2 rings (SSSR count). The molecule has 1 heterocycles. The van der Waals surface area contributed by atoms with Crippen molar-refractivity contribution in [3.63, 3.8) is 0 Å². The lowest BCUT2D eigenvalue weighted by molar-refractivity contribution is -0.127. The second kappa shape index (κ2) is 2.80. The van der Waals surface area contributed by atoms with Gasteiger partial charge in [0.2, 0.25) is 5.91 Å². The van der Waals surface area contributed by atoms with E-state index >= 15 is 0 Å². The zero-order valence-corrected chi connectivity index (χ0v) is 8.33. The smallest absolute Gasteiger partial charge is 0.230 e. The first kappa shape index (κ1) is 9.19. The van der Waals surface area contributed by atoms with Gasteiger partial charge in [0.15, 0.2) is 0 Å². The largest absolute Gasteiger partial charge is 0.329 e. The second-order valence-electron chi connectivity index (χ2n) is 4.39. The fraction of sp³-hybridized carbons (Fsp3) is 0.455. The zero-order chi connectivity index (χ0) is 10.3. The van der Waals surface area contributed by atoms with Crippen LogP contribution in [0.2, 0.25) is 0 Å². The topological polar surface area (TPSA) is 46.2 Å². The number of carbonyl (C=O) groups is 2. The van der Waals surface area contributed by atoms with Gasteiger partial charge < -0.3 is 5.32 Å². The number of nitrogens with one attached hydrogen (secondary N) is 1. The summed E-state index contributed by atoms with van der Waals surface area (Å²) in [6.45, 7) is 3.88. The molecule has 0 bridgehead atoms. The molecule has 1 unspecified atom stereocenters. The first-order valence-electron chi connectivity index (χ1n) is 4.74. The average Bonchev–Trinajstić information content (AvgIpc) is 2.38. The third-order valence-corrected chi connectivity index (χ3v) is 3.14. The van der Waals surface area contributed by atoms with E-state index in [2.05, 4.69) is 5.32 Å². The Labute approximate surface area is 82.9 Å². The highest BCUT2D eigenvalue weighted by molar-refractivity contribution is 5.89. The van der Waals surface area contributed by atoms with Crippen molar-refractivity contribution in [2.75, 3.05) is 0 Å². The summed E-state index contributed by atoms with van der Waals surface area (Å²) < 4.78 is 0. The quantitative estimate of drug-likeness (QED) is 0.632. The van der Waals surface area contributed by atoms with Gasteiger partial charge in [-0.25, -0.2) is 0 Å². The van der Waals surface area contributed by atoms with Crippen LogP contribution in [0.4, 0.5) is 0 Å². The number of hydrogen-bond acceptors (Lipinski definition) is 2. The molecular weight excluding hydrogens is 178 g/mol. The van der Waals surface area contributed by atoms with Crippen molar-refractivity contribution >= 4 is 12.2 Å². The van der Waals surface area contributed by atoms with Crippen LogP contribution in [0.15, 0.2) is 23.4 Å². The summed E-state index contributed by atoms with van der Waals surface area (Å²) in [6.07, 6.45) is 5.25. The van der Waals surface area contributed by atoms with E-state index in [1.807, 2.05) is 19.9 Å². The van der Waals surface area contributed by atoms with E-state index in [0.717, 1.165) is 18.4 Å². The molecule has 3 heteroatoms. The lowest BCUT2D eigenvalue weighted by Gasteiger charge is -2.24. The predicted octanol–water partition coefficient (Wildman–Crippen LogP) is 1.17. The Morgan fingerprint density at radius 3 is 2.93 bits per heavy atom. The van der Waals surface area contributed by atoms with Crippen LogP contribution in [0, 0.1) is 11.3 Å². The van der Waals surface area contributed by atoms with Crippen LogP contribution < -0.4 is 5.32 Å². The number of hydrogen-bond donors (Lipinski definition) is 1. The summed E-state index contributed by atoms with van der Waals surface area (Å²) >= 11 is 0. The fourth-order valence-corrected chi connectivity index (χ4v) is 2.06. The van der Waals surface area contributed by atoms with E-state index < -0.39 is 0 Å². The molecule has 1 aliphatic heterocycles. The molecule has 0 saturated carbocycles. The number of amides is 1. The van der Waals surface area contributed by atoms with Gasteiger partial charge in [0, 0.05) is 17.2 Å². The highest BCUT2D eigenvalue weighted by atomic mass is 16.2. The molecule has 14 heavy (non-hydrogen) atoms. The molecule has 1 N–H and O–H groups in total. The predicted molar refractivity (Wildman–Crippen MR) is 52.3 cm³/mol. The first-order chi connectivity index (χ1) is 6.55. The van der Waals surface area contributed by atoms with E-state index in [4.69, 9.17) is 0 Å². The third-order valence-electron chi connectivity index (χ3n) is 3.14. The van der Waals surface area contributed by atoms with Crippen molar-refractivity contribution in [2.24, 2.45) is 11.3 Å². The Morgan fingerprint density at radius 2 is 2.29 bits per heavy atom. The van der Waals surface area contributed by atoms with Gasteiger partial charge in [-0.2, -0.15) is 0 Å². The highest BCUT2D eigenvalue weighted by Crippen LogP contribution is 2.42. The van der Waals surface area contributed by atoms with Crippen molar-refractivity contribution < 1.29 is 9.59 Å². The lowest BCUT2D eigenvalue weighted by atomic mass is 9.76. The second-order valence-corrected chi connectivity index (χ2v) is 4.39. The van der Waals surface area contributed by atoms with Crippen LogP contribution >= 0.6 is 0 Å². The van der Waals surface area contributed by atoms with Gasteiger partial charge in [-0.1, -0.05) is 19.9 Å². The van der Waals surface area contributed by atoms with Gasteiger partial charge in [-0.05, 0) is 12.5 Å². The minimum Gasteiger partial charge on any atom is -0.329 e. The summed E-state index contributed by atoms with van der Waals surface area (Å²) in [5.41, 5.74) is 1.20. The molecule has 1 fully saturated rings. The van der Waals surface area contributed by atoms with Gasteiger partial charge in [0.05, 0.1) is 5.41 Å². The average molecular weight is 191 g/mol. The van der Waals surface area contributed by atoms with E-state index in [0.29, 0.717) is 5.57 Å². The summed E-state index contributed by atoms with van der Waals surface area (Å²) in [7, 11) is 0. The molecule has 0 aromatic heterocycles. The maximum absolute atomic E-state index is 11.6. The molecule has 1 atom stereocenters. The molecule has 74 valence electrons. The summed E-state index contributed by atoms with van der Waals surface area (Å²) in [5.74, 6) is 0.257. The maximum Gasteiger partial charge on any atom is 0.230 e. The third kappa shape index (κ3) is 1.12. The van der Waals surface area contributed by atoms with Crippen molar-refractivity contribution in [3.8, 4) is 0 Å². The van der Waals surface area contributed by atoms with Crippen molar-refractivity contribution in [3.05, 3.63) is 23.4 Å². The monoisotopic (exact) mass is 191 g/mol. The van der Waals surface area contributed by atoms with E-state index in [1.54, 1.807) is 6.08 Å². The summed E-state index contributed by atoms with van der Waals surface area (Å²) in [4.78, 5) is 22.2. The Kier molecular flexibility index (Phi) is 1.84. The van der Waals surface area contributed by atoms with Crippen LogP contribution in [0.1, 0.15) is 20.3 Å². The molecule has 1 aliphatic carbocycles. The van der Waals surface area contributed by atoms with Crippen LogP contribution in [-0.2, 0) is 9.59 Å². The molecule has 0 aromatic rings. The summed E-state index contributed by atoms with van der Waals surface area (Å²) in [5, 5.41) is 2.83. The zero-order valence-electron chi connectivity index (χ0n) is 8.33. The van der Waals surface area contributed by atoms with Gasteiger partial charge >= 0.3 is 0 Å². The number of rotatable bonds is 1. The molecule has 2 aliphatic rings. The molecule has 0 aromatic carbocycles. The van der Waals surface area contributed by atoms with E-state index in [1.165, 1.54) is 0 Å². The van der Waals surface area contributed by atoms with Crippen molar-refractivity contribution in [1.29, 1.82) is 0 Å². The molecule has 1 amide bonds. The highest BCUT2D eigenvalue weighted by Gasteiger charge is 2.45. The normalized spacial score (nSPS) is 28.7. The van der Waals surface area contributed by atoms with Crippen LogP contribution in [0.25, 0.3) is 0 Å². The maximum atomic E-state index is 11.6. The number of aldehydes is 1. The van der Waals surface area contributed by atoms with Crippen LogP contribution in [0.5, 0.6) is 0 Å². The van der Waals surface area contributed by atoms with Crippen molar-refractivity contribution in [2.45, 2.75) is 20.3 Å². The molecular formula is C11H13NO2. The Hall–Kier alpha value is -1.38. The van der Waals surface area contributed by atoms with E-state index in [-0.39, 0.29) is 17.2 Å². The summed E-state index contributed by atoms with van der Waals surface area (Å²) in [6, 6.07) is 0. The Balaban J connectivity index is 2.36. The minimum absolute atomic E-state index is 0.0503. The Bertz CT molecular complexity index is 363. The number of allylic oxidation sites excluding steroid dienone is 4. The van der Waals surface area contributed by atoms with Crippen molar-refractivity contribution in [1.82, 2.24) is 5.32 Å². The number of fused-ring (bicyclic) bond motifs is 1. The molecule has 3 nitrogen and oxygen atoms in total. The SMILES string of the molecule is CC1(C)C(=O)NC2=CC(C=O)=CCC21. The molecule has 0 spiro atoms. The van der Waals surface area contributed by atoms with E-state index in [9.17, 15) is 9.59 Å². The van der Waals surface area contributed by atoms with Gasteiger partial charge in [-0.3, -0.25) is 9.59 Å². The number of carbonyl (C=O) groups excluding carboxylic acids is 2.